The zero-order valence-corrected chi connectivity index (χ0v) is 22.7. The lowest BCUT2D eigenvalue weighted by molar-refractivity contribution is -0.811. The maximum absolute atomic E-state index is 11.5. The predicted octanol–water partition coefficient (Wildman–Crippen LogP) is -2.20. The highest BCUT2D eigenvalue weighted by Crippen LogP contribution is 2.35. The second-order valence-corrected chi connectivity index (χ2v) is 10.6. The molecule has 3 aromatic rings. The molecule has 0 radical (unpaired) electrons. The second kappa shape index (κ2) is 9.97. The number of nitrogens with one attached hydrogen (secondary N) is 2. The van der Waals surface area contributed by atoms with Crippen molar-refractivity contribution in [3.63, 3.8) is 0 Å². The van der Waals surface area contributed by atoms with Gasteiger partial charge in [0.25, 0.3) is 11.6 Å². The molecule has 40 heavy (non-hydrogen) atoms. The van der Waals surface area contributed by atoms with Gasteiger partial charge < -0.3 is 40.2 Å². The molecule has 0 saturated carbocycles. The molecule has 4 heterocycles. The van der Waals surface area contributed by atoms with Crippen molar-refractivity contribution in [2.75, 3.05) is 10.6 Å². The minimum Gasteiger partial charge on any atom is -0.545 e. The van der Waals surface area contributed by atoms with Gasteiger partial charge >= 0.3 is 0 Å². The van der Waals surface area contributed by atoms with Gasteiger partial charge in [0.1, 0.15) is 0 Å². The van der Waals surface area contributed by atoms with E-state index in [1.54, 1.807) is 50.5 Å². The second-order valence-electron chi connectivity index (χ2n) is 10.6. The van der Waals surface area contributed by atoms with Crippen LogP contribution in [0, 0.1) is 0 Å². The van der Waals surface area contributed by atoms with Gasteiger partial charge in [0.2, 0.25) is 11.4 Å². The predicted molar refractivity (Wildman–Crippen MR) is 138 cm³/mol. The van der Waals surface area contributed by atoms with Crippen molar-refractivity contribution in [3.05, 3.63) is 60.9 Å². The summed E-state index contributed by atoms with van der Waals surface area (Å²) in [4.78, 5) is 22.9. The number of rotatable bonds is 4. The number of hydrogen-bond acceptors (Lipinski definition) is 10. The normalized spacial score (nSPS) is 32.4. The van der Waals surface area contributed by atoms with Crippen LogP contribution in [0.2, 0.25) is 0 Å². The van der Waals surface area contributed by atoms with Crippen molar-refractivity contribution in [3.8, 4) is 0 Å². The fourth-order valence-corrected chi connectivity index (χ4v) is 5.54. The van der Waals surface area contributed by atoms with Gasteiger partial charge in [0, 0.05) is 19.4 Å². The average molecular weight is 555 g/mol. The number of aromatic nitrogens is 2. The highest BCUT2D eigenvalue weighted by Gasteiger charge is 2.60. The Bertz CT molecular complexity index is 1470. The summed E-state index contributed by atoms with van der Waals surface area (Å²) in [5, 5.41) is 72.2. The molecule has 0 fully saturated rings. The number of carboxylic acid groups (broad SMARTS) is 2. The molecule has 1 aromatic carbocycles. The molecule has 2 aliphatic heterocycles. The van der Waals surface area contributed by atoms with Crippen LogP contribution in [-0.2, 0) is 21.0 Å². The Morgan fingerprint density at radius 1 is 0.850 bits per heavy atom. The van der Waals surface area contributed by atoms with E-state index in [2.05, 4.69) is 10.6 Å². The van der Waals surface area contributed by atoms with Gasteiger partial charge in [0.15, 0.2) is 23.3 Å². The van der Waals surface area contributed by atoms with Crippen LogP contribution >= 0.6 is 0 Å². The zero-order chi connectivity index (χ0) is 29.7. The molecule has 6 N–H and O–H groups in total. The van der Waals surface area contributed by atoms with Crippen molar-refractivity contribution < 1.29 is 49.4 Å². The molecular weight excluding hydrogens is 520 g/mol. The van der Waals surface area contributed by atoms with E-state index >= 15 is 0 Å². The lowest BCUT2D eigenvalue weighted by Crippen LogP contribution is -2.78. The summed E-state index contributed by atoms with van der Waals surface area (Å²) in [5.41, 5.74) is -6.96. The Balaban J connectivity index is 0.000000186. The van der Waals surface area contributed by atoms with E-state index in [0.29, 0.717) is 11.6 Å². The van der Waals surface area contributed by atoms with Crippen molar-refractivity contribution in [1.29, 1.82) is 0 Å². The maximum atomic E-state index is 11.5. The number of carbonyl (C=O) groups excluding carboxylic acids is 2. The highest BCUT2D eigenvalue weighted by atomic mass is 16.4. The van der Waals surface area contributed by atoms with Crippen LogP contribution in [0.15, 0.2) is 60.9 Å². The molecule has 0 spiro atoms. The third kappa shape index (κ3) is 4.15. The SMILES string of the molecule is CC1(C(=O)[O-])Nc2c3ccccc3cc[n+]2C(C)(O)C1O.CCC1(C(=O)[O-])Nc2cccc[n+]2C(O)(CC)C1O. The van der Waals surface area contributed by atoms with Crippen molar-refractivity contribution in [2.45, 2.75) is 75.3 Å². The molecular formula is C28H34N4O8. The van der Waals surface area contributed by atoms with Gasteiger partial charge in [-0.25, -0.2) is 9.13 Å². The Kier molecular flexibility index (Phi) is 7.26. The summed E-state index contributed by atoms with van der Waals surface area (Å²) in [5.74, 6) is -2.04. The van der Waals surface area contributed by atoms with Crippen LogP contribution in [0.1, 0.15) is 40.5 Å². The first kappa shape index (κ1) is 29.2. The van der Waals surface area contributed by atoms with Gasteiger partial charge in [-0.2, -0.15) is 0 Å². The van der Waals surface area contributed by atoms with Crippen molar-refractivity contribution in [2.24, 2.45) is 0 Å². The Hall–Kier alpha value is -3.84. The summed E-state index contributed by atoms with van der Waals surface area (Å²) in [6, 6.07) is 14.3. The summed E-state index contributed by atoms with van der Waals surface area (Å²) in [7, 11) is 0. The third-order valence-electron chi connectivity index (χ3n) is 8.19. The van der Waals surface area contributed by atoms with E-state index in [4.69, 9.17) is 0 Å². The lowest BCUT2D eigenvalue weighted by atomic mass is 9.79. The third-order valence-corrected chi connectivity index (χ3v) is 8.19. The number of nitrogens with zero attached hydrogens (tertiary/aromatic N) is 2. The number of fused-ring (bicyclic) bond motifs is 4. The Labute approximate surface area is 230 Å². The molecule has 0 amide bonds. The van der Waals surface area contributed by atoms with Crippen LogP contribution in [-0.4, -0.2) is 55.7 Å². The number of benzene rings is 1. The highest BCUT2D eigenvalue weighted by molar-refractivity contribution is 5.93. The molecule has 12 heteroatoms. The number of anilines is 2. The van der Waals surface area contributed by atoms with E-state index in [-0.39, 0.29) is 12.8 Å². The molecule has 214 valence electrons. The molecule has 12 nitrogen and oxygen atoms in total. The molecule has 6 atom stereocenters. The number of carboxylic acids is 2. The van der Waals surface area contributed by atoms with E-state index in [1.165, 1.54) is 23.0 Å². The minimum atomic E-state index is -1.80. The van der Waals surface area contributed by atoms with Gasteiger partial charge in [0.05, 0.1) is 29.7 Å². The zero-order valence-electron chi connectivity index (χ0n) is 22.7. The monoisotopic (exact) mass is 554 g/mol. The van der Waals surface area contributed by atoms with Crippen molar-refractivity contribution in [1.82, 2.24) is 0 Å². The van der Waals surface area contributed by atoms with E-state index in [9.17, 15) is 40.2 Å². The van der Waals surface area contributed by atoms with Gasteiger partial charge in [-0.05, 0) is 36.9 Å². The van der Waals surface area contributed by atoms with Gasteiger partial charge in [-0.1, -0.05) is 38.1 Å². The topological polar surface area (TPSA) is 193 Å². The number of aliphatic hydroxyl groups is 4. The summed E-state index contributed by atoms with van der Waals surface area (Å²) in [6.45, 7) is 5.99. The number of aliphatic carboxylic acids is 2. The summed E-state index contributed by atoms with van der Waals surface area (Å²) in [6.07, 6.45) is 0.390. The smallest absolute Gasteiger partial charge is 0.285 e. The van der Waals surface area contributed by atoms with Crippen LogP contribution in [0.5, 0.6) is 0 Å². The molecule has 6 unspecified atom stereocenters. The number of aliphatic hydroxyl groups excluding tert-OH is 2. The number of pyridine rings is 2. The van der Waals surface area contributed by atoms with Crippen LogP contribution in [0.25, 0.3) is 10.8 Å². The standard InChI is InChI=1S/C15H16N2O4.C13H18N2O4/c1-14(13(19)20)12(18)15(2,21)17-8-7-9-5-3-4-6-10(9)11(17)16-14;1-3-12(11(17)18)10(16)13(19,4-2)15-8-6-5-7-9(15)14-12/h3-8,12,18,21H,1-2H3,(H,19,20);5-8,10,16,19H,3-4H2,1-2H3,(H,17,18). The molecule has 5 rings (SSSR count). The Morgan fingerprint density at radius 2 is 1.50 bits per heavy atom. The van der Waals surface area contributed by atoms with Gasteiger partial charge in [-0.3, -0.25) is 10.6 Å². The molecule has 0 aliphatic carbocycles. The first-order valence-electron chi connectivity index (χ1n) is 13.0. The Morgan fingerprint density at radius 3 is 2.10 bits per heavy atom. The summed E-state index contributed by atoms with van der Waals surface area (Å²) >= 11 is 0. The van der Waals surface area contributed by atoms with E-state index in [0.717, 1.165) is 10.8 Å². The number of carbonyl (C=O) groups is 2. The van der Waals surface area contributed by atoms with Gasteiger partial charge in [-0.15, -0.1) is 0 Å². The molecule has 0 saturated heterocycles. The van der Waals surface area contributed by atoms with E-state index < -0.39 is 46.7 Å². The molecule has 2 aromatic heterocycles. The first-order valence-corrected chi connectivity index (χ1v) is 13.0. The summed E-state index contributed by atoms with van der Waals surface area (Å²) < 4.78 is 2.89. The lowest BCUT2D eigenvalue weighted by Gasteiger charge is -2.46. The van der Waals surface area contributed by atoms with E-state index in [1.807, 2.05) is 24.3 Å². The quantitative estimate of drug-likeness (QED) is 0.193. The largest absolute Gasteiger partial charge is 0.545 e. The average Bonchev–Trinajstić information content (AvgIpc) is 2.94. The van der Waals surface area contributed by atoms with Crippen LogP contribution < -0.4 is 30.0 Å². The molecule has 2 aliphatic rings. The molecule has 0 bridgehead atoms. The van der Waals surface area contributed by atoms with Crippen LogP contribution in [0.4, 0.5) is 11.6 Å². The maximum Gasteiger partial charge on any atom is 0.285 e. The van der Waals surface area contributed by atoms with Crippen molar-refractivity contribution >= 4 is 34.3 Å². The first-order chi connectivity index (χ1) is 18.7. The van der Waals surface area contributed by atoms with Crippen LogP contribution in [0.3, 0.4) is 0 Å². The number of hydrogen-bond donors (Lipinski definition) is 6. The fraction of sp³-hybridized carbons (Fsp3) is 0.429. The fourth-order valence-electron chi connectivity index (χ4n) is 5.54. The minimum absolute atomic E-state index is 0.0910.